The SMILES string of the molecule is CC(C)(C#N)CNC(=O)C(N)Cc1ccc(O)cc1. The Balaban J connectivity index is 2.49. The van der Waals surface area contributed by atoms with Crippen molar-refractivity contribution in [1.29, 1.82) is 5.26 Å². The maximum atomic E-state index is 11.8. The molecule has 0 spiro atoms. The summed E-state index contributed by atoms with van der Waals surface area (Å²) >= 11 is 0. The summed E-state index contributed by atoms with van der Waals surface area (Å²) in [5.41, 5.74) is 6.07. The van der Waals surface area contributed by atoms with Crippen LogP contribution in [-0.2, 0) is 11.2 Å². The van der Waals surface area contributed by atoms with E-state index in [2.05, 4.69) is 11.4 Å². The van der Waals surface area contributed by atoms with E-state index in [9.17, 15) is 4.79 Å². The van der Waals surface area contributed by atoms with Crippen LogP contribution in [0.4, 0.5) is 0 Å². The first-order valence-corrected chi connectivity index (χ1v) is 6.06. The molecule has 0 saturated carbocycles. The predicted octanol–water partition coefficient (Wildman–Crippen LogP) is 0.928. The Bertz CT molecular complexity index is 474. The maximum absolute atomic E-state index is 11.8. The summed E-state index contributed by atoms with van der Waals surface area (Å²) in [6, 6.07) is 8.00. The van der Waals surface area contributed by atoms with Crippen molar-refractivity contribution in [1.82, 2.24) is 5.32 Å². The number of aromatic hydroxyl groups is 1. The van der Waals surface area contributed by atoms with E-state index in [4.69, 9.17) is 16.1 Å². The van der Waals surface area contributed by atoms with Crippen LogP contribution in [0.25, 0.3) is 0 Å². The number of nitrogens with two attached hydrogens (primary N) is 1. The largest absolute Gasteiger partial charge is 0.508 e. The van der Waals surface area contributed by atoms with E-state index in [1.807, 2.05) is 0 Å². The van der Waals surface area contributed by atoms with Crippen LogP contribution in [0.2, 0.25) is 0 Å². The molecule has 0 heterocycles. The summed E-state index contributed by atoms with van der Waals surface area (Å²) in [6.07, 6.45) is 0.388. The lowest BCUT2D eigenvalue weighted by molar-refractivity contribution is -0.122. The third kappa shape index (κ3) is 4.98. The van der Waals surface area contributed by atoms with E-state index in [-0.39, 0.29) is 18.2 Å². The fourth-order valence-electron chi connectivity index (χ4n) is 1.46. The molecule has 0 bridgehead atoms. The molecule has 1 aromatic rings. The highest BCUT2D eigenvalue weighted by Crippen LogP contribution is 2.12. The zero-order valence-electron chi connectivity index (χ0n) is 11.2. The van der Waals surface area contributed by atoms with Gasteiger partial charge in [0.1, 0.15) is 5.75 Å². The molecule has 102 valence electrons. The van der Waals surface area contributed by atoms with Crippen LogP contribution in [0, 0.1) is 16.7 Å². The van der Waals surface area contributed by atoms with Crippen LogP contribution < -0.4 is 11.1 Å². The number of amides is 1. The lowest BCUT2D eigenvalue weighted by Crippen LogP contribution is -2.44. The lowest BCUT2D eigenvalue weighted by atomic mass is 9.96. The van der Waals surface area contributed by atoms with Gasteiger partial charge in [0.25, 0.3) is 0 Å². The molecule has 0 aliphatic heterocycles. The quantitative estimate of drug-likeness (QED) is 0.734. The van der Waals surface area contributed by atoms with Crippen LogP contribution in [0.15, 0.2) is 24.3 Å². The van der Waals surface area contributed by atoms with Crippen molar-refractivity contribution in [3.05, 3.63) is 29.8 Å². The summed E-state index contributed by atoms with van der Waals surface area (Å²) in [7, 11) is 0. The van der Waals surface area contributed by atoms with Crippen molar-refractivity contribution >= 4 is 5.91 Å². The third-order valence-corrected chi connectivity index (χ3v) is 2.74. The number of nitrogens with one attached hydrogen (secondary N) is 1. The molecule has 1 rings (SSSR count). The zero-order chi connectivity index (χ0) is 14.5. The molecule has 0 aromatic heterocycles. The van der Waals surface area contributed by atoms with Gasteiger partial charge in [-0.15, -0.1) is 0 Å². The molecule has 5 heteroatoms. The smallest absolute Gasteiger partial charge is 0.237 e. The summed E-state index contributed by atoms with van der Waals surface area (Å²) in [5.74, 6) is -0.103. The van der Waals surface area contributed by atoms with Gasteiger partial charge in [-0.2, -0.15) is 5.26 Å². The second-order valence-electron chi connectivity index (χ2n) is 5.19. The first-order valence-electron chi connectivity index (χ1n) is 6.06. The van der Waals surface area contributed by atoms with Crippen molar-refractivity contribution in [2.24, 2.45) is 11.1 Å². The lowest BCUT2D eigenvalue weighted by Gasteiger charge is -2.18. The normalized spacial score (nSPS) is 12.5. The van der Waals surface area contributed by atoms with Crippen LogP contribution in [0.3, 0.4) is 0 Å². The molecule has 0 aliphatic carbocycles. The average molecular weight is 261 g/mol. The van der Waals surface area contributed by atoms with E-state index in [1.165, 1.54) is 0 Å². The molecule has 0 saturated heterocycles. The fourth-order valence-corrected chi connectivity index (χ4v) is 1.46. The monoisotopic (exact) mass is 261 g/mol. The summed E-state index contributed by atoms with van der Waals surface area (Å²) in [6.45, 7) is 3.77. The van der Waals surface area contributed by atoms with E-state index < -0.39 is 11.5 Å². The summed E-state index contributed by atoms with van der Waals surface area (Å²) in [4.78, 5) is 11.8. The molecular formula is C14H19N3O2. The minimum Gasteiger partial charge on any atom is -0.508 e. The summed E-state index contributed by atoms with van der Waals surface area (Å²) in [5, 5.41) is 20.7. The topological polar surface area (TPSA) is 99.1 Å². The number of benzene rings is 1. The Kier molecular flexibility index (Phi) is 4.90. The Morgan fingerprint density at radius 2 is 2.05 bits per heavy atom. The number of carbonyl (C=O) groups excluding carboxylic acids is 1. The molecule has 1 atom stereocenters. The molecular weight excluding hydrogens is 242 g/mol. The van der Waals surface area contributed by atoms with Crippen molar-refractivity contribution < 1.29 is 9.90 Å². The highest BCUT2D eigenvalue weighted by atomic mass is 16.3. The van der Waals surface area contributed by atoms with Gasteiger partial charge in [0, 0.05) is 6.54 Å². The number of nitriles is 1. The average Bonchev–Trinajstić information content (AvgIpc) is 2.38. The summed E-state index contributed by atoms with van der Waals surface area (Å²) < 4.78 is 0. The number of hydrogen-bond acceptors (Lipinski definition) is 4. The number of rotatable bonds is 5. The first-order chi connectivity index (χ1) is 8.84. The Morgan fingerprint density at radius 3 is 2.58 bits per heavy atom. The Labute approximate surface area is 113 Å². The highest BCUT2D eigenvalue weighted by Gasteiger charge is 2.20. The van der Waals surface area contributed by atoms with Gasteiger partial charge in [0.2, 0.25) is 5.91 Å². The van der Waals surface area contributed by atoms with Gasteiger partial charge in [-0.3, -0.25) is 4.79 Å². The molecule has 0 radical (unpaired) electrons. The molecule has 1 amide bonds. The van der Waals surface area contributed by atoms with Crippen LogP contribution in [0.5, 0.6) is 5.75 Å². The molecule has 0 fully saturated rings. The minimum atomic E-state index is -0.668. The number of hydrogen-bond donors (Lipinski definition) is 3. The molecule has 5 nitrogen and oxygen atoms in total. The highest BCUT2D eigenvalue weighted by molar-refractivity contribution is 5.81. The predicted molar refractivity (Wildman–Crippen MR) is 72.2 cm³/mol. The standard InChI is InChI=1S/C14H19N3O2/c1-14(2,8-15)9-17-13(19)12(16)7-10-3-5-11(18)6-4-10/h3-6,12,18H,7,9,16H2,1-2H3,(H,17,19). The van der Waals surface area contributed by atoms with Gasteiger partial charge in [0.15, 0.2) is 0 Å². The van der Waals surface area contributed by atoms with Gasteiger partial charge < -0.3 is 16.2 Å². The maximum Gasteiger partial charge on any atom is 0.237 e. The van der Waals surface area contributed by atoms with E-state index in [1.54, 1.807) is 38.1 Å². The van der Waals surface area contributed by atoms with Crippen molar-refractivity contribution in [3.63, 3.8) is 0 Å². The van der Waals surface area contributed by atoms with Crippen LogP contribution >= 0.6 is 0 Å². The minimum absolute atomic E-state index is 0.178. The number of phenolic OH excluding ortho intramolecular Hbond substituents is 1. The third-order valence-electron chi connectivity index (χ3n) is 2.74. The molecule has 0 aliphatic rings. The van der Waals surface area contributed by atoms with Gasteiger partial charge in [0.05, 0.1) is 17.5 Å². The van der Waals surface area contributed by atoms with E-state index >= 15 is 0 Å². The Hall–Kier alpha value is -2.06. The number of carbonyl (C=O) groups is 1. The van der Waals surface area contributed by atoms with E-state index in [0.717, 1.165) is 5.56 Å². The second-order valence-corrected chi connectivity index (χ2v) is 5.19. The van der Waals surface area contributed by atoms with Crippen molar-refractivity contribution in [2.45, 2.75) is 26.3 Å². The van der Waals surface area contributed by atoms with Crippen LogP contribution in [0.1, 0.15) is 19.4 Å². The number of nitrogens with zero attached hydrogens (tertiary/aromatic N) is 1. The van der Waals surface area contributed by atoms with Crippen LogP contribution in [-0.4, -0.2) is 23.6 Å². The molecule has 1 unspecified atom stereocenters. The molecule has 1 aromatic carbocycles. The molecule has 4 N–H and O–H groups in total. The van der Waals surface area contributed by atoms with E-state index in [0.29, 0.717) is 6.42 Å². The Morgan fingerprint density at radius 1 is 1.47 bits per heavy atom. The van der Waals surface area contributed by atoms with Gasteiger partial charge in [-0.25, -0.2) is 0 Å². The van der Waals surface area contributed by atoms with Gasteiger partial charge >= 0.3 is 0 Å². The van der Waals surface area contributed by atoms with Gasteiger partial charge in [-0.05, 0) is 38.0 Å². The van der Waals surface area contributed by atoms with Crippen molar-refractivity contribution in [3.8, 4) is 11.8 Å². The first kappa shape index (κ1) is 15.0. The number of phenols is 1. The van der Waals surface area contributed by atoms with Gasteiger partial charge in [-0.1, -0.05) is 12.1 Å². The molecule has 19 heavy (non-hydrogen) atoms. The zero-order valence-corrected chi connectivity index (χ0v) is 11.2. The fraction of sp³-hybridized carbons (Fsp3) is 0.429. The second kappa shape index (κ2) is 6.21. The van der Waals surface area contributed by atoms with Crippen molar-refractivity contribution in [2.75, 3.05) is 6.54 Å².